The number of aromatic nitrogens is 1. The molecule has 0 saturated carbocycles. The summed E-state index contributed by atoms with van der Waals surface area (Å²) in [6.45, 7) is 9.83. The Morgan fingerprint density at radius 1 is 1.35 bits per heavy atom. The number of benzene rings is 1. The normalized spacial score (nSPS) is 12.3. The summed E-state index contributed by atoms with van der Waals surface area (Å²) in [6.07, 6.45) is 4.11. The van der Waals surface area contributed by atoms with Crippen LogP contribution in [0, 0.1) is 11.3 Å². The number of nitrogens with zero attached hydrogens (tertiary/aromatic N) is 3. The van der Waals surface area contributed by atoms with Crippen LogP contribution in [0.25, 0.3) is 10.9 Å². The number of thioether (sulfide) groups is 1. The minimum atomic E-state index is 0.261. The molecule has 0 saturated heterocycles. The van der Waals surface area contributed by atoms with Gasteiger partial charge in [0.05, 0.1) is 11.2 Å². The molecule has 0 fully saturated rings. The number of fused-ring (bicyclic) bond motifs is 1. The van der Waals surface area contributed by atoms with Crippen LogP contribution in [0.2, 0.25) is 5.02 Å². The molecule has 0 bridgehead atoms. The highest BCUT2D eigenvalue weighted by atomic mass is 35.5. The number of nitrogens with one attached hydrogen (secondary N) is 1. The monoisotopic (exact) mass is 390 g/mol. The van der Waals surface area contributed by atoms with Gasteiger partial charge in [0.25, 0.3) is 0 Å². The summed E-state index contributed by atoms with van der Waals surface area (Å²) in [5.41, 5.74) is 2.30. The fourth-order valence-corrected chi connectivity index (χ4v) is 3.81. The molecule has 0 aliphatic heterocycles. The topological polar surface area (TPSA) is 52.0 Å². The second kappa shape index (κ2) is 10.0. The van der Waals surface area contributed by atoms with Gasteiger partial charge in [-0.15, -0.1) is 11.8 Å². The summed E-state index contributed by atoms with van der Waals surface area (Å²) in [6, 6.07) is 8.23. The molecule has 6 heteroatoms. The Morgan fingerprint density at radius 3 is 2.69 bits per heavy atom. The summed E-state index contributed by atoms with van der Waals surface area (Å²) in [4.78, 5) is 7.05. The largest absolute Gasteiger partial charge is 0.381 e. The molecule has 1 heterocycles. The van der Waals surface area contributed by atoms with Gasteiger partial charge in [-0.05, 0) is 63.9 Å². The number of pyridine rings is 1. The third-order valence-electron chi connectivity index (χ3n) is 4.62. The number of hydrogen-bond donors (Lipinski definition) is 1. The van der Waals surface area contributed by atoms with Gasteiger partial charge in [-0.1, -0.05) is 25.4 Å². The van der Waals surface area contributed by atoms with E-state index >= 15 is 0 Å². The molecular weight excluding hydrogens is 364 g/mol. The van der Waals surface area contributed by atoms with E-state index in [0.29, 0.717) is 10.6 Å². The van der Waals surface area contributed by atoms with Gasteiger partial charge in [-0.2, -0.15) is 5.26 Å². The summed E-state index contributed by atoms with van der Waals surface area (Å²) in [5.74, 6) is 0. The van der Waals surface area contributed by atoms with Gasteiger partial charge >= 0.3 is 0 Å². The Labute approximate surface area is 165 Å². The standard InChI is InChI=1S/C20H27ClN4S/c1-5-25(6-2)11-7-8-14(3)23-19-16-12-15(21)9-10-18(16)24-20(26-4)17(19)13-22/h9-10,12,14H,5-8,11H2,1-4H3,(H,23,24). The van der Waals surface area contributed by atoms with Crippen molar-refractivity contribution in [1.82, 2.24) is 9.88 Å². The van der Waals surface area contributed by atoms with Crippen molar-refractivity contribution in [3.63, 3.8) is 0 Å². The first-order chi connectivity index (χ1) is 12.5. The molecule has 26 heavy (non-hydrogen) atoms. The average molecular weight is 391 g/mol. The predicted octanol–water partition coefficient (Wildman–Crippen LogP) is 5.40. The lowest BCUT2D eigenvalue weighted by Crippen LogP contribution is -2.25. The van der Waals surface area contributed by atoms with Crippen LogP contribution in [0.3, 0.4) is 0 Å². The highest BCUT2D eigenvalue weighted by Gasteiger charge is 2.17. The molecule has 1 N–H and O–H groups in total. The van der Waals surface area contributed by atoms with Crippen molar-refractivity contribution in [1.29, 1.82) is 5.26 Å². The van der Waals surface area contributed by atoms with E-state index in [4.69, 9.17) is 11.6 Å². The highest BCUT2D eigenvalue weighted by Crippen LogP contribution is 2.34. The van der Waals surface area contributed by atoms with Crippen molar-refractivity contribution in [2.45, 2.75) is 44.7 Å². The Kier molecular flexibility index (Phi) is 8.02. The zero-order valence-corrected chi connectivity index (χ0v) is 17.5. The number of hydrogen-bond acceptors (Lipinski definition) is 5. The van der Waals surface area contributed by atoms with E-state index in [2.05, 4.69) is 42.0 Å². The lowest BCUT2D eigenvalue weighted by molar-refractivity contribution is 0.295. The Hall–Kier alpha value is -1.48. The minimum Gasteiger partial charge on any atom is -0.381 e. The quantitative estimate of drug-likeness (QED) is 0.580. The second-order valence-corrected chi connectivity index (χ2v) is 7.59. The Bertz CT molecular complexity index is 783. The molecular formula is C20H27ClN4S. The van der Waals surface area contributed by atoms with Gasteiger partial charge in [0.2, 0.25) is 0 Å². The highest BCUT2D eigenvalue weighted by molar-refractivity contribution is 7.98. The van der Waals surface area contributed by atoms with Crippen molar-refractivity contribution in [2.24, 2.45) is 0 Å². The van der Waals surface area contributed by atoms with Crippen molar-refractivity contribution in [3.8, 4) is 6.07 Å². The van der Waals surface area contributed by atoms with Crippen molar-refractivity contribution >= 4 is 40.0 Å². The van der Waals surface area contributed by atoms with E-state index < -0.39 is 0 Å². The van der Waals surface area contributed by atoms with E-state index in [9.17, 15) is 5.26 Å². The van der Waals surface area contributed by atoms with Crippen molar-refractivity contribution in [2.75, 3.05) is 31.2 Å². The van der Waals surface area contributed by atoms with Gasteiger partial charge in [0, 0.05) is 16.5 Å². The van der Waals surface area contributed by atoms with Gasteiger partial charge in [-0.25, -0.2) is 4.98 Å². The molecule has 1 aromatic carbocycles. The van der Waals surface area contributed by atoms with E-state index in [0.717, 1.165) is 54.1 Å². The van der Waals surface area contributed by atoms with Crippen LogP contribution < -0.4 is 5.32 Å². The van der Waals surface area contributed by atoms with E-state index in [-0.39, 0.29) is 6.04 Å². The summed E-state index contributed by atoms with van der Waals surface area (Å²) in [5, 5.41) is 15.6. The first kappa shape index (κ1) is 20.8. The summed E-state index contributed by atoms with van der Waals surface area (Å²) >= 11 is 7.69. The van der Waals surface area contributed by atoms with Crippen LogP contribution in [-0.4, -0.2) is 41.8 Å². The number of nitriles is 1. The SMILES string of the molecule is CCN(CC)CCCC(C)Nc1c(C#N)c(SC)nc2ccc(Cl)cc12. The minimum absolute atomic E-state index is 0.261. The summed E-state index contributed by atoms with van der Waals surface area (Å²) < 4.78 is 0. The molecule has 0 radical (unpaired) electrons. The zero-order chi connectivity index (χ0) is 19.1. The van der Waals surface area contributed by atoms with Crippen LogP contribution in [0.4, 0.5) is 5.69 Å². The maximum atomic E-state index is 9.70. The first-order valence-corrected chi connectivity index (χ1v) is 10.7. The third-order valence-corrected chi connectivity index (χ3v) is 5.53. The van der Waals surface area contributed by atoms with Crippen LogP contribution in [-0.2, 0) is 0 Å². The van der Waals surface area contributed by atoms with Gasteiger partial charge in [0.15, 0.2) is 0 Å². The number of halogens is 1. The summed E-state index contributed by atoms with van der Waals surface area (Å²) in [7, 11) is 0. The second-order valence-electron chi connectivity index (χ2n) is 6.36. The van der Waals surface area contributed by atoms with E-state index in [1.807, 2.05) is 24.5 Å². The number of anilines is 1. The van der Waals surface area contributed by atoms with Gasteiger partial charge in [0.1, 0.15) is 16.7 Å². The van der Waals surface area contributed by atoms with E-state index in [1.165, 1.54) is 11.8 Å². The Morgan fingerprint density at radius 2 is 2.08 bits per heavy atom. The first-order valence-electron chi connectivity index (χ1n) is 9.10. The average Bonchev–Trinajstić information content (AvgIpc) is 2.65. The van der Waals surface area contributed by atoms with Crippen LogP contribution in [0.5, 0.6) is 0 Å². The maximum absolute atomic E-state index is 9.70. The molecule has 1 aromatic heterocycles. The maximum Gasteiger partial charge on any atom is 0.116 e. The third kappa shape index (κ3) is 5.03. The van der Waals surface area contributed by atoms with Crippen LogP contribution in [0.15, 0.2) is 23.2 Å². The lowest BCUT2D eigenvalue weighted by Gasteiger charge is -2.22. The van der Waals surface area contributed by atoms with E-state index in [1.54, 1.807) is 0 Å². The smallest absolute Gasteiger partial charge is 0.116 e. The predicted molar refractivity (Wildman–Crippen MR) is 113 cm³/mol. The molecule has 0 aliphatic carbocycles. The van der Waals surface area contributed by atoms with Crippen LogP contribution >= 0.6 is 23.4 Å². The van der Waals surface area contributed by atoms with Gasteiger partial charge in [-0.3, -0.25) is 0 Å². The molecule has 4 nitrogen and oxygen atoms in total. The van der Waals surface area contributed by atoms with Crippen molar-refractivity contribution < 1.29 is 0 Å². The van der Waals surface area contributed by atoms with Crippen molar-refractivity contribution in [3.05, 3.63) is 28.8 Å². The number of rotatable bonds is 9. The molecule has 140 valence electrons. The zero-order valence-electron chi connectivity index (χ0n) is 16.0. The fraction of sp³-hybridized carbons (Fsp3) is 0.500. The Balaban J connectivity index is 2.26. The lowest BCUT2D eigenvalue weighted by atomic mass is 10.1. The van der Waals surface area contributed by atoms with Crippen LogP contribution in [0.1, 0.15) is 39.2 Å². The molecule has 2 aromatic rings. The molecule has 0 aliphatic rings. The molecule has 0 amide bonds. The molecule has 2 rings (SSSR count). The fourth-order valence-electron chi connectivity index (χ4n) is 3.09. The molecule has 0 spiro atoms. The van der Waals surface area contributed by atoms with Gasteiger partial charge < -0.3 is 10.2 Å². The molecule has 1 atom stereocenters. The molecule has 1 unspecified atom stereocenters.